The third-order valence-corrected chi connectivity index (χ3v) is 1.41. The summed E-state index contributed by atoms with van der Waals surface area (Å²) < 4.78 is 0. The lowest BCUT2D eigenvalue weighted by molar-refractivity contribution is 0.350. The Morgan fingerprint density at radius 3 is 2.92 bits per heavy atom. The Kier molecular flexibility index (Phi) is 5.31. The van der Waals surface area contributed by atoms with Crippen molar-refractivity contribution in [2.24, 2.45) is 0 Å². The van der Waals surface area contributed by atoms with Gasteiger partial charge in [-0.3, -0.25) is 4.90 Å². The quantitative estimate of drug-likeness (QED) is 0.526. The Balaban J connectivity index is 0.00000121. The van der Waals surface area contributed by atoms with Gasteiger partial charge in [0.2, 0.25) is 0 Å². The molecule has 3 heteroatoms. The SMILES string of the molecule is Br.C=CCN1C=CN(C#CC)C1. The van der Waals surface area contributed by atoms with E-state index in [1.54, 1.807) is 0 Å². The van der Waals surface area contributed by atoms with Crippen LogP contribution in [0.5, 0.6) is 0 Å². The van der Waals surface area contributed by atoms with Crippen LogP contribution in [0.2, 0.25) is 0 Å². The molecule has 0 N–H and O–H groups in total. The maximum atomic E-state index is 3.67. The highest BCUT2D eigenvalue weighted by atomic mass is 79.9. The van der Waals surface area contributed by atoms with Gasteiger partial charge in [-0.15, -0.1) is 23.6 Å². The molecule has 0 fully saturated rings. The van der Waals surface area contributed by atoms with Crippen molar-refractivity contribution in [3.63, 3.8) is 0 Å². The number of hydrogen-bond acceptors (Lipinski definition) is 2. The van der Waals surface area contributed by atoms with E-state index in [-0.39, 0.29) is 17.0 Å². The Morgan fingerprint density at radius 2 is 2.33 bits per heavy atom. The number of halogens is 1. The summed E-state index contributed by atoms with van der Waals surface area (Å²) in [6.07, 6.45) is 5.87. The van der Waals surface area contributed by atoms with E-state index in [0.29, 0.717) is 0 Å². The third kappa shape index (κ3) is 3.02. The van der Waals surface area contributed by atoms with Crippen molar-refractivity contribution < 1.29 is 0 Å². The monoisotopic (exact) mass is 228 g/mol. The van der Waals surface area contributed by atoms with Crippen LogP contribution in [-0.2, 0) is 0 Å². The molecule has 0 aromatic rings. The Bertz CT molecular complexity index is 224. The smallest absolute Gasteiger partial charge is 0.102 e. The minimum Gasteiger partial charge on any atom is -0.354 e. The van der Waals surface area contributed by atoms with Crippen LogP contribution in [-0.4, -0.2) is 23.0 Å². The number of hydrogen-bond donors (Lipinski definition) is 0. The Morgan fingerprint density at radius 1 is 1.58 bits per heavy atom. The maximum Gasteiger partial charge on any atom is 0.102 e. The van der Waals surface area contributed by atoms with Crippen molar-refractivity contribution in [2.75, 3.05) is 13.2 Å². The van der Waals surface area contributed by atoms with Crippen LogP contribution >= 0.6 is 17.0 Å². The van der Waals surface area contributed by atoms with Crippen molar-refractivity contribution in [1.82, 2.24) is 9.80 Å². The molecule has 0 unspecified atom stereocenters. The summed E-state index contributed by atoms with van der Waals surface area (Å²) in [4.78, 5) is 4.08. The maximum absolute atomic E-state index is 3.67. The molecule has 0 radical (unpaired) electrons. The molecule has 0 bridgehead atoms. The second-order valence-electron chi connectivity index (χ2n) is 2.33. The van der Waals surface area contributed by atoms with E-state index in [1.807, 2.05) is 30.3 Å². The molecule has 12 heavy (non-hydrogen) atoms. The second kappa shape index (κ2) is 5.73. The summed E-state index contributed by atoms with van der Waals surface area (Å²) in [5, 5.41) is 0. The van der Waals surface area contributed by atoms with Gasteiger partial charge in [0.1, 0.15) is 6.67 Å². The van der Waals surface area contributed by atoms with Crippen LogP contribution in [0.3, 0.4) is 0 Å². The lowest BCUT2D eigenvalue weighted by Gasteiger charge is -2.14. The average molecular weight is 229 g/mol. The van der Waals surface area contributed by atoms with Crippen molar-refractivity contribution in [2.45, 2.75) is 6.92 Å². The molecule has 0 saturated carbocycles. The van der Waals surface area contributed by atoms with Gasteiger partial charge in [0, 0.05) is 25.0 Å². The normalized spacial score (nSPS) is 13.4. The Hall–Kier alpha value is -0.880. The molecule has 1 heterocycles. The van der Waals surface area contributed by atoms with Gasteiger partial charge in [0.05, 0.1) is 0 Å². The van der Waals surface area contributed by atoms with Crippen LogP contribution in [0.15, 0.2) is 25.1 Å². The molecule has 1 rings (SSSR count). The summed E-state index contributed by atoms with van der Waals surface area (Å²) >= 11 is 0. The minimum atomic E-state index is 0. The van der Waals surface area contributed by atoms with E-state index in [2.05, 4.69) is 23.4 Å². The fraction of sp³-hybridized carbons (Fsp3) is 0.333. The zero-order valence-electron chi connectivity index (χ0n) is 7.16. The van der Waals surface area contributed by atoms with Crippen LogP contribution in [0.1, 0.15) is 6.92 Å². The minimum absolute atomic E-state index is 0. The first-order valence-corrected chi connectivity index (χ1v) is 3.59. The largest absolute Gasteiger partial charge is 0.354 e. The predicted molar refractivity (Wildman–Crippen MR) is 56.5 cm³/mol. The van der Waals surface area contributed by atoms with E-state index in [9.17, 15) is 0 Å². The van der Waals surface area contributed by atoms with E-state index >= 15 is 0 Å². The first-order valence-electron chi connectivity index (χ1n) is 3.59. The number of rotatable bonds is 2. The van der Waals surface area contributed by atoms with Crippen molar-refractivity contribution >= 4 is 17.0 Å². The van der Waals surface area contributed by atoms with Crippen molar-refractivity contribution in [3.05, 3.63) is 25.1 Å². The lowest BCUT2D eigenvalue weighted by Crippen LogP contribution is -2.21. The average Bonchev–Trinajstić information content (AvgIpc) is 2.38. The second-order valence-corrected chi connectivity index (χ2v) is 2.33. The molecular weight excluding hydrogens is 216 g/mol. The molecule has 2 nitrogen and oxygen atoms in total. The van der Waals surface area contributed by atoms with Crippen LogP contribution in [0.4, 0.5) is 0 Å². The van der Waals surface area contributed by atoms with E-state index in [0.717, 1.165) is 13.2 Å². The highest BCUT2D eigenvalue weighted by molar-refractivity contribution is 8.93. The van der Waals surface area contributed by atoms with Gasteiger partial charge in [0.25, 0.3) is 0 Å². The molecule has 0 atom stereocenters. The summed E-state index contributed by atoms with van der Waals surface area (Å²) in [5.74, 6) is 2.84. The molecule has 0 saturated heterocycles. The first kappa shape index (κ1) is 11.1. The predicted octanol–water partition coefficient (Wildman–Crippen LogP) is 1.78. The summed E-state index contributed by atoms with van der Waals surface area (Å²) in [7, 11) is 0. The van der Waals surface area contributed by atoms with Crippen LogP contribution in [0.25, 0.3) is 0 Å². The molecule has 0 aromatic carbocycles. The van der Waals surface area contributed by atoms with Crippen molar-refractivity contribution in [1.29, 1.82) is 0 Å². The molecular formula is C9H13BrN2. The Labute approximate surface area is 84.3 Å². The third-order valence-electron chi connectivity index (χ3n) is 1.41. The highest BCUT2D eigenvalue weighted by Gasteiger charge is 2.06. The van der Waals surface area contributed by atoms with E-state index in [1.165, 1.54) is 0 Å². The van der Waals surface area contributed by atoms with Gasteiger partial charge in [-0.1, -0.05) is 12.0 Å². The molecule has 66 valence electrons. The van der Waals surface area contributed by atoms with Gasteiger partial charge < -0.3 is 4.90 Å². The zero-order chi connectivity index (χ0) is 8.10. The standard InChI is InChI=1S/C9H12N2.BrH/c1-3-5-10-7-8-11(9-10)6-4-2;/h3,7-8H,1,5,9H2,2H3;1H. The van der Waals surface area contributed by atoms with Crippen molar-refractivity contribution in [3.8, 4) is 12.0 Å². The molecule has 1 aliphatic rings. The van der Waals surface area contributed by atoms with E-state index < -0.39 is 0 Å². The first-order chi connectivity index (χ1) is 5.36. The summed E-state index contributed by atoms with van der Waals surface area (Å²) in [5.41, 5.74) is 0. The summed E-state index contributed by atoms with van der Waals surface area (Å²) in [6.45, 7) is 7.24. The van der Waals surface area contributed by atoms with E-state index in [4.69, 9.17) is 0 Å². The molecule has 0 aromatic heterocycles. The fourth-order valence-electron chi connectivity index (χ4n) is 0.965. The molecule has 0 amide bonds. The molecule has 0 spiro atoms. The number of nitrogens with zero attached hydrogens (tertiary/aromatic N) is 2. The van der Waals surface area contributed by atoms with Gasteiger partial charge >= 0.3 is 0 Å². The highest BCUT2D eigenvalue weighted by Crippen LogP contribution is 2.03. The van der Waals surface area contributed by atoms with Crippen LogP contribution < -0.4 is 0 Å². The van der Waals surface area contributed by atoms with Gasteiger partial charge in [-0.2, -0.15) is 0 Å². The molecule has 1 aliphatic heterocycles. The van der Waals surface area contributed by atoms with Gasteiger partial charge in [-0.25, -0.2) is 0 Å². The van der Waals surface area contributed by atoms with Gasteiger partial charge in [-0.05, 0) is 6.92 Å². The van der Waals surface area contributed by atoms with Gasteiger partial charge in [0.15, 0.2) is 0 Å². The summed E-state index contributed by atoms with van der Waals surface area (Å²) in [6, 6.07) is 2.95. The zero-order valence-corrected chi connectivity index (χ0v) is 8.87. The molecule has 0 aliphatic carbocycles. The topological polar surface area (TPSA) is 6.48 Å². The van der Waals surface area contributed by atoms with Crippen LogP contribution in [0, 0.1) is 12.0 Å². The lowest BCUT2D eigenvalue weighted by atomic mass is 10.6. The fourth-order valence-corrected chi connectivity index (χ4v) is 0.965.